The van der Waals surface area contributed by atoms with Gasteiger partial charge in [0.15, 0.2) is 5.82 Å². The maximum absolute atomic E-state index is 12.7. The van der Waals surface area contributed by atoms with Gasteiger partial charge in [0, 0.05) is 29.2 Å². The highest BCUT2D eigenvalue weighted by Crippen LogP contribution is 2.19. The van der Waals surface area contributed by atoms with E-state index in [-0.39, 0.29) is 11.9 Å². The van der Waals surface area contributed by atoms with Crippen molar-refractivity contribution in [3.63, 3.8) is 0 Å². The number of amides is 1. The number of halogens is 1. The molecule has 5 nitrogen and oxygen atoms in total. The van der Waals surface area contributed by atoms with Crippen LogP contribution >= 0.6 is 11.6 Å². The second-order valence-corrected chi connectivity index (χ2v) is 6.81. The number of rotatable bonds is 6. The predicted octanol–water partition coefficient (Wildman–Crippen LogP) is 4.55. The average molecular weight is 381 g/mol. The molecule has 6 heteroatoms. The molecule has 27 heavy (non-hydrogen) atoms. The van der Waals surface area contributed by atoms with Crippen LogP contribution in [0.4, 0.5) is 5.82 Å². The van der Waals surface area contributed by atoms with Crippen molar-refractivity contribution in [2.45, 2.75) is 26.4 Å². The van der Waals surface area contributed by atoms with Crippen LogP contribution in [-0.4, -0.2) is 21.9 Å². The molecule has 0 unspecified atom stereocenters. The van der Waals surface area contributed by atoms with Crippen molar-refractivity contribution in [2.75, 3.05) is 5.32 Å². The van der Waals surface area contributed by atoms with E-state index in [1.165, 1.54) is 0 Å². The van der Waals surface area contributed by atoms with E-state index in [9.17, 15) is 4.79 Å². The average Bonchev–Trinajstić information content (AvgIpc) is 2.67. The molecule has 0 saturated carbocycles. The molecule has 138 valence electrons. The Bertz CT molecular complexity index is 928. The highest BCUT2D eigenvalue weighted by Gasteiger charge is 2.14. The van der Waals surface area contributed by atoms with Gasteiger partial charge < -0.3 is 10.6 Å². The Kier molecular flexibility index (Phi) is 6.04. The largest absolute Gasteiger partial charge is 0.368 e. The molecule has 3 aromatic rings. The van der Waals surface area contributed by atoms with Gasteiger partial charge in [0.25, 0.3) is 5.91 Å². The van der Waals surface area contributed by atoms with Crippen molar-refractivity contribution in [1.29, 1.82) is 0 Å². The highest BCUT2D eigenvalue weighted by atomic mass is 35.5. The summed E-state index contributed by atoms with van der Waals surface area (Å²) in [6.45, 7) is 4.36. The fraction of sp³-hybridized carbons (Fsp3) is 0.190. The molecule has 0 radical (unpaired) electrons. The first-order valence-electron chi connectivity index (χ1n) is 8.75. The molecule has 0 atom stereocenters. The summed E-state index contributed by atoms with van der Waals surface area (Å²) in [4.78, 5) is 21.7. The summed E-state index contributed by atoms with van der Waals surface area (Å²) in [7, 11) is 0. The van der Waals surface area contributed by atoms with E-state index in [1.807, 2.05) is 62.4 Å². The summed E-state index contributed by atoms with van der Waals surface area (Å²) < 4.78 is 0. The van der Waals surface area contributed by atoms with Gasteiger partial charge in [0.05, 0.1) is 0 Å². The van der Waals surface area contributed by atoms with Gasteiger partial charge in [-0.1, -0.05) is 60.1 Å². The van der Waals surface area contributed by atoms with E-state index in [1.54, 1.807) is 12.1 Å². The zero-order valence-electron chi connectivity index (χ0n) is 15.2. The topological polar surface area (TPSA) is 66.9 Å². The molecule has 0 aliphatic heterocycles. The summed E-state index contributed by atoms with van der Waals surface area (Å²) in [5, 5.41) is 6.73. The number of nitrogens with zero attached hydrogens (tertiary/aromatic N) is 2. The first-order valence-corrected chi connectivity index (χ1v) is 9.13. The molecular weight excluding hydrogens is 360 g/mol. The van der Waals surface area contributed by atoms with Crippen molar-refractivity contribution in [3.05, 3.63) is 76.9 Å². The minimum Gasteiger partial charge on any atom is -0.368 e. The number of hydrogen-bond donors (Lipinski definition) is 2. The zero-order valence-corrected chi connectivity index (χ0v) is 16.0. The van der Waals surface area contributed by atoms with Crippen molar-refractivity contribution in [2.24, 2.45) is 0 Å². The lowest BCUT2D eigenvalue weighted by Crippen LogP contribution is -2.25. The molecule has 0 saturated heterocycles. The Balaban J connectivity index is 1.86. The number of aromatic nitrogens is 2. The zero-order chi connectivity index (χ0) is 19.2. The lowest BCUT2D eigenvalue weighted by molar-refractivity contribution is 0.0946. The van der Waals surface area contributed by atoms with Gasteiger partial charge in [-0.3, -0.25) is 4.79 Å². The van der Waals surface area contributed by atoms with Crippen LogP contribution < -0.4 is 10.6 Å². The lowest BCUT2D eigenvalue weighted by atomic mass is 10.2. The molecule has 0 bridgehead atoms. The molecule has 0 aliphatic rings. The first kappa shape index (κ1) is 18.9. The second kappa shape index (κ2) is 8.64. The van der Waals surface area contributed by atoms with Crippen molar-refractivity contribution in [1.82, 2.24) is 15.3 Å². The number of benzene rings is 2. The third-order valence-corrected chi connectivity index (χ3v) is 4.19. The van der Waals surface area contributed by atoms with Gasteiger partial charge in [-0.05, 0) is 25.5 Å². The number of carbonyl (C=O) groups excluding carboxylic acids is 1. The maximum Gasteiger partial charge on any atom is 0.270 e. The second-order valence-electron chi connectivity index (χ2n) is 6.40. The summed E-state index contributed by atoms with van der Waals surface area (Å²) in [6.07, 6.45) is 0. The minimum atomic E-state index is -0.277. The van der Waals surface area contributed by atoms with Gasteiger partial charge in [0.1, 0.15) is 11.5 Å². The maximum atomic E-state index is 12.7. The number of hydrogen-bond acceptors (Lipinski definition) is 4. The normalized spacial score (nSPS) is 10.7. The van der Waals surface area contributed by atoms with Crippen LogP contribution in [0.3, 0.4) is 0 Å². The van der Waals surface area contributed by atoms with E-state index in [2.05, 4.69) is 20.6 Å². The summed E-state index contributed by atoms with van der Waals surface area (Å²) >= 11 is 6.15. The highest BCUT2D eigenvalue weighted by molar-refractivity contribution is 6.31. The third-order valence-electron chi connectivity index (χ3n) is 3.82. The minimum absolute atomic E-state index is 0.183. The molecule has 1 aromatic heterocycles. The Morgan fingerprint density at radius 1 is 1.04 bits per heavy atom. The monoisotopic (exact) mass is 380 g/mol. The number of anilines is 1. The van der Waals surface area contributed by atoms with E-state index in [4.69, 9.17) is 11.6 Å². The lowest BCUT2D eigenvalue weighted by Gasteiger charge is -2.13. The van der Waals surface area contributed by atoms with Gasteiger partial charge in [0.2, 0.25) is 0 Å². The predicted molar refractivity (Wildman–Crippen MR) is 109 cm³/mol. The standard InChI is InChI=1S/C21H21ClN4O/c1-14(2)24-19-12-18(25-20(26-19)15-8-4-3-5-9-15)21(27)23-13-16-10-6-7-11-17(16)22/h3-12,14H,13H2,1-2H3,(H,23,27)(H,24,25,26). The van der Waals surface area contributed by atoms with Crippen molar-refractivity contribution >= 4 is 23.3 Å². The summed E-state index contributed by atoms with van der Waals surface area (Å²) in [6, 6.07) is 18.9. The first-order chi connectivity index (χ1) is 13.0. The summed E-state index contributed by atoms with van der Waals surface area (Å²) in [5.74, 6) is 0.840. The Morgan fingerprint density at radius 3 is 2.44 bits per heavy atom. The molecule has 2 N–H and O–H groups in total. The van der Waals surface area contributed by atoms with Crippen LogP contribution in [0.1, 0.15) is 29.9 Å². The van der Waals surface area contributed by atoms with Gasteiger partial charge in [-0.25, -0.2) is 9.97 Å². The van der Waals surface area contributed by atoms with Crippen molar-refractivity contribution in [3.8, 4) is 11.4 Å². The molecular formula is C21H21ClN4O. The molecule has 0 aliphatic carbocycles. The van der Waals surface area contributed by atoms with E-state index in [0.717, 1.165) is 11.1 Å². The fourth-order valence-electron chi connectivity index (χ4n) is 2.56. The Morgan fingerprint density at radius 2 is 1.74 bits per heavy atom. The van der Waals surface area contributed by atoms with Gasteiger partial charge >= 0.3 is 0 Å². The molecule has 0 fully saturated rings. The summed E-state index contributed by atoms with van der Waals surface area (Å²) in [5.41, 5.74) is 2.01. The molecule has 1 amide bonds. The van der Waals surface area contributed by atoms with Crippen LogP contribution in [0, 0.1) is 0 Å². The SMILES string of the molecule is CC(C)Nc1cc(C(=O)NCc2ccccc2Cl)nc(-c2ccccc2)n1. The van der Waals surface area contributed by atoms with Crippen LogP contribution in [0.2, 0.25) is 5.02 Å². The number of nitrogens with one attached hydrogen (secondary N) is 2. The quantitative estimate of drug-likeness (QED) is 0.658. The molecule has 1 heterocycles. The number of carbonyl (C=O) groups is 1. The van der Waals surface area contributed by atoms with E-state index in [0.29, 0.717) is 28.9 Å². The molecule has 2 aromatic carbocycles. The van der Waals surface area contributed by atoms with Gasteiger partial charge in [-0.2, -0.15) is 0 Å². The van der Waals surface area contributed by atoms with Crippen LogP contribution in [0.25, 0.3) is 11.4 Å². The fourth-order valence-corrected chi connectivity index (χ4v) is 2.76. The Hall–Kier alpha value is -2.92. The van der Waals surface area contributed by atoms with Crippen LogP contribution in [0.5, 0.6) is 0 Å². The smallest absolute Gasteiger partial charge is 0.270 e. The van der Waals surface area contributed by atoms with E-state index < -0.39 is 0 Å². The van der Waals surface area contributed by atoms with Gasteiger partial charge in [-0.15, -0.1) is 0 Å². The van der Waals surface area contributed by atoms with Crippen LogP contribution in [-0.2, 0) is 6.54 Å². The van der Waals surface area contributed by atoms with E-state index >= 15 is 0 Å². The molecule has 3 rings (SSSR count). The van der Waals surface area contributed by atoms with Crippen molar-refractivity contribution < 1.29 is 4.79 Å². The van der Waals surface area contributed by atoms with Crippen LogP contribution in [0.15, 0.2) is 60.7 Å². The third kappa shape index (κ3) is 5.05. The molecule has 0 spiro atoms. The Labute approximate surface area is 163 Å².